The van der Waals surface area contributed by atoms with Crippen LogP contribution in [0.2, 0.25) is 0 Å². The number of anilines is 2. The molecular weight excluding hydrogens is 270 g/mol. The third-order valence-corrected chi connectivity index (χ3v) is 5.44. The van der Waals surface area contributed by atoms with Crippen molar-refractivity contribution in [3.05, 3.63) is 0 Å². The number of nitrogen functional groups attached to an aromatic ring is 1. The standard InChI is InChI=1S/C11H21N3O2S2/c1-5-14(7-8(3)4)11-9(10(12)13-17-11)18(15,16)6-2/h8H,5-7H2,1-4H3,(H2,12,13). The van der Waals surface area contributed by atoms with Crippen LogP contribution in [0.4, 0.5) is 10.8 Å². The van der Waals surface area contributed by atoms with Crippen LogP contribution in [-0.4, -0.2) is 31.6 Å². The van der Waals surface area contributed by atoms with E-state index in [1.54, 1.807) is 6.92 Å². The second-order valence-electron chi connectivity index (χ2n) is 4.54. The molecule has 2 N–H and O–H groups in total. The molecule has 1 heterocycles. The van der Waals surface area contributed by atoms with E-state index in [-0.39, 0.29) is 16.5 Å². The van der Waals surface area contributed by atoms with E-state index in [9.17, 15) is 8.42 Å². The molecule has 7 heteroatoms. The molecule has 0 fully saturated rings. The molecule has 0 unspecified atom stereocenters. The molecule has 18 heavy (non-hydrogen) atoms. The van der Waals surface area contributed by atoms with Gasteiger partial charge in [0, 0.05) is 13.1 Å². The molecule has 0 saturated carbocycles. The maximum Gasteiger partial charge on any atom is 0.184 e. The highest BCUT2D eigenvalue weighted by Crippen LogP contribution is 2.35. The fourth-order valence-corrected chi connectivity index (χ4v) is 4.10. The molecule has 0 aromatic carbocycles. The highest BCUT2D eigenvalue weighted by molar-refractivity contribution is 7.91. The zero-order chi connectivity index (χ0) is 13.9. The molecule has 0 bridgehead atoms. The molecule has 104 valence electrons. The SMILES string of the molecule is CCN(CC(C)C)c1snc(N)c1S(=O)(=O)CC. The minimum atomic E-state index is -3.33. The van der Waals surface area contributed by atoms with E-state index in [4.69, 9.17) is 5.73 Å². The van der Waals surface area contributed by atoms with Gasteiger partial charge < -0.3 is 10.6 Å². The van der Waals surface area contributed by atoms with Crippen LogP contribution in [0.15, 0.2) is 4.90 Å². The first-order chi connectivity index (χ1) is 8.33. The molecule has 0 aliphatic rings. The smallest absolute Gasteiger partial charge is 0.184 e. The maximum atomic E-state index is 12.1. The van der Waals surface area contributed by atoms with Crippen molar-refractivity contribution >= 4 is 32.2 Å². The lowest BCUT2D eigenvalue weighted by Gasteiger charge is -2.24. The van der Waals surface area contributed by atoms with E-state index in [1.165, 1.54) is 0 Å². The van der Waals surface area contributed by atoms with Gasteiger partial charge in [-0.3, -0.25) is 0 Å². The van der Waals surface area contributed by atoms with E-state index >= 15 is 0 Å². The molecule has 0 aliphatic carbocycles. The Hall–Kier alpha value is -0.820. The van der Waals surface area contributed by atoms with Gasteiger partial charge in [-0.25, -0.2) is 8.42 Å². The third-order valence-electron chi connectivity index (χ3n) is 2.60. The van der Waals surface area contributed by atoms with Crippen molar-refractivity contribution in [1.29, 1.82) is 0 Å². The largest absolute Gasteiger partial charge is 0.382 e. The van der Waals surface area contributed by atoms with Crippen LogP contribution in [0.5, 0.6) is 0 Å². The second-order valence-corrected chi connectivity index (χ2v) is 7.50. The lowest BCUT2D eigenvalue weighted by molar-refractivity contribution is 0.594. The molecule has 0 atom stereocenters. The number of rotatable bonds is 6. The Labute approximate surface area is 113 Å². The summed E-state index contributed by atoms with van der Waals surface area (Å²) >= 11 is 1.16. The summed E-state index contributed by atoms with van der Waals surface area (Å²) in [7, 11) is -3.33. The number of hydrogen-bond donors (Lipinski definition) is 1. The zero-order valence-electron chi connectivity index (χ0n) is 11.3. The summed E-state index contributed by atoms with van der Waals surface area (Å²) in [4.78, 5) is 2.24. The van der Waals surface area contributed by atoms with Crippen molar-refractivity contribution in [1.82, 2.24) is 4.37 Å². The highest BCUT2D eigenvalue weighted by Gasteiger charge is 2.26. The van der Waals surface area contributed by atoms with E-state index in [2.05, 4.69) is 18.2 Å². The quantitative estimate of drug-likeness (QED) is 0.867. The van der Waals surface area contributed by atoms with Crippen LogP contribution >= 0.6 is 11.5 Å². The molecule has 0 radical (unpaired) electrons. The molecule has 0 spiro atoms. The number of nitrogens with zero attached hydrogens (tertiary/aromatic N) is 2. The van der Waals surface area contributed by atoms with E-state index in [0.717, 1.165) is 24.6 Å². The van der Waals surface area contributed by atoms with Gasteiger partial charge >= 0.3 is 0 Å². The summed E-state index contributed by atoms with van der Waals surface area (Å²) in [5, 5.41) is 0.672. The Morgan fingerprint density at radius 1 is 1.39 bits per heavy atom. The van der Waals surface area contributed by atoms with Gasteiger partial charge in [0.2, 0.25) is 0 Å². The Balaban J connectivity index is 3.25. The lowest BCUT2D eigenvalue weighted by atomic mass is 10.2. The van der Waals surface area contributed by atoms with Crippen LogP contribution in [0.3, 0.4) is 0 Å². The fraction of sp³-hybridized carbons (Fsp3) is 0.727. The van der Waals surface area contributed by atoms with Gasteiger partial charge in [-0.15, -0.1) is 0 Å². The monoisotopic (exact) mass is 291 g/mol. The molecular formula is C11H21N3O2S2. The zero-order valence-corrected chi connectivity index (χ0v) is 12.9. The van der Waals surface area contributed by atoms with Gasteiger partial charge in [0.25, 0.3) is 0 Å². The minimum absolute atomic E-state index is 0.0435. The second kappa shape index (κ2) is 5.88. The van der Waals surface area contributed by atoms with Crippen LogP contribution in [0.1, 0.15) is 27.7 Å². The van der Waals surface area contributed by atoms with Crippen LogP contribution in [-0.2, 0) is 9.84 Å². The van der Waals surface area contributed by atoms with Crippen molar-refractivity contribution in [3.63, 3.8) is 0 Å². The van der Waals surface area contributed by atoms with Gasteiger partial charge in [-0.2, -0.15) is 4.37 Å². The van der Waals surface area contributed by atoms with Gasteiger partial charge in [0.1, 0.15) is 9.90 Å². The average molecular weight is 291 g/mol. The van der Waals surface area contributed by atoms with E-state index in [1.807, 2.05) is 11.8 Å². The van der Waals surface area contributed by atoms with E-state index in [0.29, 0.717) is 10.9 Å². The Morgan fingerprint density at radius 3 is 2.44 bits per heavy atom. The molecule has 5 nitrogen and oxygen atoms in total. The van der Waals surface area contributed by atoms with E-state index < -0.39 is 9.84 Å². The van der Waals surface area contributed by atoms with Crippen molar-refractivity contribution in [2.45, 2.75) is 32.6 Å². The Bertz CT molecular complexity index is 494. The van der Waals surface area contributed by atoms with Crippen molar-refractivity contribution in [3.8, 4) is 0 Å². The topological polar surface area (TPSA) is 76.3 Å². The fourth-order valence-electron chi connectivity index (χ4n) is 1.72. The Morgan fingerprint density at radius 2 is 2.00 bits per heavy atom. The Kier molecular flexibility index (Phi) is 4.98. The average Bonchev–Trinajstić information content (AvgIpc) is 2.68. The summed E-state index contributed by atoms with van der Waals surface area (Å²) in [6.07, 6.45) is 0. The molecule has 0 amide bonds. The molecule has 0 saturated heterocycles. The van der Waals surface area contributed by atoms with Crippen molar-refractivity contribution in [2.24, 2.45) is 5.92 Å². The third kappa shape index (κ3) is 3.14. The van der Waals surface area contributed by atoms with Gasteiger partial charge in [-0.05, 0) is 24.4 Å². The number of sulfone groups is 1. The van der Waals surface area contributed by atoms with Crippen LogP contribution < -0.4 is 10.6 Å². The normalized spacial score (nSPS) is 12.1. The minimum Gasteiger partial charge on any atom is -0.382 e. The first-order valence-corrected chi connectivity index (χ1v) is 8.48. The molecule has 1 aromatic heterocycles. The van der Waals surface area contributed by atoms with Gasteiger partial charge in [0.15, 0.2) is 15.7 Å². The van der Waals surface area contributed by atoms with Crippen molar-refractivity contribution < 1.29 is 8.42 Å². The summed E-state index contributed by atoms with van der Waals surface area (Å²) in [6, 6.07) is 0. The van der Waals surface area contributed by atoms with Crippen LogP contribution in [0, 0.1) is 5.92 Å². The summed E-state index contributed by atoms with van der Waals surface area (Å²) in [5.74, 6) is 0.617. The molecule has 1 rings (SSSR count). The highest BCUT2D eigenvalue weighted by atomic mass is 32.2. The predicted octanol–water partition coefficient (Wildman–Crippen LogP) is 2.00. The number of hydrogen-bond acceptors (Lipinski definition) is 6. The maximum absolute atomic E-state index is 12.1. The summed E-state index contributed by atoms with van der Waals surface area (Å²) in [5.41, 5.74) is 5.72. The van der Waals surface area contributed by atoms with Crippen LogP contribution in [0.25, 0.3) is 0 Å². The molecule has 1 aromatic rings. The predicted molar refractivity (Wildman–Crippen MR) is 77.0 cm³/mol. The van der Waals surface area contributed by atoms with Crippen molar-refractivity contribution in [2.75, 3.05) is 29.5 Å². The number of nitrogens with two attached hydrogens (primary N) is 1. The number of aromatic nitrogens is 1. The first kappa shape index (κ1) is 15.2. The van der Waals surface area contributed by atoms with Gasteiger partial charge in [-0.1, -0.05) is 20.8 Å². The van der Waals surface area contributed by atoms with Gasteiger partial charge in [0.05, 0.1) is 5.75 Å². The first-order valence-electron chi connectivity index (χ1n) is 6.06. The lowest BCUT2D eigenvalue weighted by Crippen LogP contribution is -2.28. The summed E-state index contributed by atoms with van der Waals surface area (Å²) in [6.45, 7) is 9.36. The summed E-state index contributed by atoms with van der Waals surface area (Å²) < 4.78 is 28.1. The molecule has 0 aliphatic heterocycles.